The Kier molecular flexibility index (Phi) is 5.19. The van der Waals surface area contributed by atoms with Gasteiger partial charge in [0.15, 0.2) is 0 Å². The molecule has 2 N–H and O–H groups in total. The van der Waals surface area contributed by atoms with Crippen molar-refractivity contribution in [1.29, 1.82) is 0 Å². The van der Waals surface area contributed by atoms with E-state index in [4.69, 9.17) is 5.11 Å². The molecule has 0 bridgehead atoms. The summed E-state index contributed by atoms with van der Waals surface area (Å²) < 4.78 is 1.15. The number of halogens is 1. The monoisotopic (exact) mass is 352 g/mol. The first-order valence-corrected chi connectivity index (χ1v) is 8.96. The van der Waals surface area contributed by atoms with Gasteiger partial charge in [-0.25, -0.2) is 0 Å². The van der Waals surface area contributed by atoms with Crippen LogP contribution in [0.1, 0.15) is 44.1 Å². The Labute approximate surface area is 135 Å². The average molecular weight is 353 g/mol. The van der Waals surface area contributed by atoms with Gasteiger partial charge in [-0.3, -0.25) is 0 Å². The van der Waals surface area contributed by atoms with Gasteiger partial charge in [-0.1, -0.05) is 22.0 Å². The topological polar surface area (TPSA) is 35.5 Å². The van der Waals surface area contributed by atoms with Crippen LogP contribution in [0.15, 0.2) is 22.7 Å². The molecule has 116 valence electrons. The second kappa shape index (κ2) is 7.12. The minimum atomic E-state index is 0.304. The maximum atomic E-state index is 9.10. The average Bonchev–Trinajstić information content (AvgIpc) is 3.20. The lowest BCUT2D eigenvalue weighted by Gasteiger charge is -2.29. The standard InChI is InChI=1S/C17H25BrN2O/c18-14-6-5-13(12-19-15-7-8-15)17(11-14)20-9-1-3-16(20)4-2-10-21/h5-6,11,15-16,19,21H,1-4,7-10,12H2. The number of nitrogens with zero attached hydrogens (tertiary/aromatic N) is 1. The van der Waals surface area contributed by atoms with Gasteiger partial charge in [0.05, 0.1) is 0 Å². The lowest BCUT2D eigenvalue weighted by molar-refractivity contribution is 0.279. The minimum absolute atomic E-state index is 0.304. The van der Waals surface area contributed by atoms with Gasteiger partial charge in [-0.05, 0) is 56.2 Å². The highest BCUT2D eigenvalue weighted by Gasteiger charge is 2.27. The zero-order chi connectivity index (χ0) is 14.7. The minimum Gasteiger partial charge on any atom is -0.396 e. The normalized spacial score (nSPS) is 22.0. The molecule has 4 heteroatoms. The Bertz CT molecular complexity index is 476. The van der Waals surface area contributed by atoms with E-state index >= 15 is 0 Å². The molecular weight excluding hydrogens is 328 g/mol. The number of anilines is 1. The van der Waals surface area contributed by atoms with E-state index in [9.17, 15) is 0 Å². The van der Waals surface area contributed by atoms with Crippen molar-refractivity contribution in [2.75, 3.05) is 18.1 Å². The summed E-state index contributed by atoms with van der Waals surface area (Å²) >= 11 is 3.62. The zero-order valence-corrected chi connectivity index (χ0v) is 14.1. The third-order valence-corrected chi connectivity index (χ3v) is 5.08. The first kappa shape index (κ1) is 15.3. The van der Waals surface area contributed by atoms with Crippen LogP contribution < -0.4 is 10.2 Å². The Balaban J connectivity index is 1.75. The highest BCUT2D eigenvalue weighted by molar-refractivity contribution is 9.10. The van der Waals surface area contributed by atoms with Crippen molar-refractivity contribution in [3.8, 4) is 0 Å². The molecule has 0 amide bonds. The molecule has 0 spiro atoms. The van der Waals surface area contributed by atoms with Crippen molar-refractivity contribution in [2.45, 2.75) is 57.2 Å². The molecule has 1 aliphatic carbocycles. The Morgan fingerprint density at radius 2 is 2.14 bits per heavy atom. The number of aliphatic hydroxyl groups is 1. The fourth-order valence-corrected chi connectivity index (χ4v) is 3.62. The number of hydrogen-bond acceptors (Lipinski definition) is 3. The number of rotatable bonds is 7. The van der Waals surface area contributed by atoms with E-state index in [1.165, 1.54) is 36.9 Å². The highest BCUT2D eigenvalue weighted by atomic mass is 79.9. The Morgan fingerprint density at radius 1 is 1.29 bits per heavy atom. The van der Waals surface area contributed by atoms with Gasteiger partial charge in [0.2, 0.25) is 0 Å². The molecule has 1 aromatic carbocycles. The van der Waals surface area contributed by atoms with E-state index in [1.807, 2.05) is 0 Å². The van der Waals surface area contributed by atoms with E-state index < -0.39 is 0 Å². The molecule has 1 heterocycles. The number of nitrogens with one attached hydrogen (secondary N) is 1. The smallest absolute Gasteiger partial charge is 0.0431 e. The second-order valence-corrected chi connectivity index (χ2v) is 7.20. The number of aliphatic hydroxyl groups excluding tert-OH is 1. The summed E-state index contributed by atoms with van der Waals surface area (Å²) in [6.07, 6.45) is 7.17. The molecule has 21 heavy (non-hydrogen) atoms. The fraction of sp³-hybridized carbons (Fsp3) is 0.647. The van der Waals surface area contributed by atoms with Gasteiger partial charge in [0, 0.05) is 41.9 Å². The number of hydrogen-bond donors (Lipinski definition) is 2. The highest BCUT2D eigenvalue weighted by Crippen LogP contribution is 2.33. The fourth-order valence-electron chi connectivity index (χ4n) is 3.28. The van der Waals surface area contributed by atoms with Crippen molar-refractivity contribution in [2.24, 2.45) is 0 Å². The maximum absolute atomic E-state index is 9.10. The van der Waals surface area contributed by atoms with Gasteiger partial charge in [0.25, 0.3) is 0 Å². The predicted octanol–water partition coefficient (Wildman–Crippen LogP) is 3.44. The molecule has 1 aliphatic heterocycles. The second-order valence-electron chi connectivity index (χ2n) is 6.28. The first-order valence-electron chi connectivity index (χ1n) is 8.17. The van der Waals surface area contributed by atoms with Crippen LogP contribution in [0.5, 0.6) is 0 Å². The van der Waals surface area contributed by atoms with Crippen LogP contribution >= 0.6 is 15.9 Å². The quantitative estimate of drug-likeness (QED) is 0.788. The molecule has 0 aromatic heterocycles. The van der Waals surface area contributed by atoms with Gasteiger partial charge in [-0.2, -0.15) is 0 Å². The maximum Gasteiger partial charge on any atom is 0.0431 e. The van der Waals surface area contributed by atoms with Gasteiger partial charge in [0.1, 0.15) is 0 Å². The summed E-state index contributed by atoms with van der Waals surface area (Å²) in [6.45, 7) is 2.42. The Hall–Kier alpha value is -0.580. The molecule has 2 fully saturated rings. The largest absolute Gasteiger partial charge is 0.396 e. The molecule has 1 atom stereocenters. The molecule has 1 aromatic rings. The van der Waals surface area contributed by atoms with Gasteiger partial charge in [-0.15, -0.1) is 0 Å². The predicted molar refractivity (Wildman–Crippen MR) is 90.7 cm³/mol. The van der Waals surface area contributed by atoms with E-state index in [0.29, 0.717) is 12.6 Å². The van der Waals surface area contributed by atoms with Crippen LogP contribution in [-0.4, -0.2) is 30.3 Å². The molecular formula is C17H25BrN2O. The summed E-state index contributed by atoms with van der Waals surface area (Å²) in [5, 5.41) is 12.7. The molecule has 1 saturated heterocycles. The lowest BCUT2D eigenvalue weighted by atomic mass is 10.1. The van der Waals surface area contributed by atoms with E-state index in [1.54, 1.807) is 0 Å². The van der Waals surface area contributed by atoms with Crippen LogP contribution in [0.25, 0.3) is 0 Å². The molecule has 3 nitrogen and oxygen atoms in total. The van der Waals surface area contributed by atoms with Crippen molar-refractivity contribution in [1.82, 2.24) is 5.32 Å². The van der Waals surface area contributed by atoms with Crippen LogP contribution in [-0.2, 0) is 6.54 Å². The molecule has 3 rings (SSSR count). The van der Waals surface area contributed by atoms with Crippen molar-refractivity contribution < 1.29 is 5.11 Å². The third-order valence-electron chi connectivity index (χ3n) is 4.59. The zero-order valence-electron chi connectivity index (χ0n) is 12.5. The van der Waals surface area contributed by atoms with E-state index in [2.05, 4.69) is 44.3 Å². The third kappa shape index (κ3) is 3.99. The first-order chi connectivity index (χ1) is 10.3. The van der Waals surface area contributed by atoms with Crippen molar-refractivity contribution in [3.05, 3.63) is 28.2 Å². The SMILES string of the molecule is OCCCC1CCCN1c1cc(Br)ccc1CNC1CC1. The van der Waals surface area contributed by atoms with Gasteiger partial charge < -0.3 is 15.3 Å². The molecule has 2 aliphatic rings. The summed E-state index contributed by atoms with van der Waals surface area (Å²) in [7, 11) is 0. The Morgan fingerprint density at radius 3 is 2.90 bits per heavy atom. The summed E-state index contributed by atoms with van der Waals surface area (Å²) in [4.78, 5) is 2.56. The van der Waals surface area contributed by atoms with Crippen LogP contribution in [0.2, 0.25) is 0 Å². The van der Waals surface area contributed by atoms with Gasteiger partial charge >= 0.3 is 0 Å². The van der Waals surface area contributed by atoms with Crippen LogP contribution in [0.3, 0.4) is 0 Å². The molecule has 1 unspecified atom stereocenters. The summed E-state index contributed by atoms with van der Waals surface area (Å²) in [5.74, 6) is 0. The van der Waals surface area contributed by atoms with E-state index in [0.717, 1.165) is 36.4 Å². The van der Waals surface area contributed by atoms with Crippen LogP contribution in [0, 0.1) is 0 Å². The van der Waals surface area contributed by atoms with E-state index in [-0.39, 0.29) is 0 Å². The van der Waals surface area contributed by atoms with Crippen molar-refractivity contribution >= 4 is 21.6 Å². The summed E-state index contributed by atoms with van der Waals surface area (Å²) in [6, 6.07) is 7.99. The summed E-state index contributed by atoms with van der Waals surface area (Å²) in [5.41, 5.74) is 2.78. The number of benzene rings is 1. The van der Waals surface area contributed by atoms with Crippen LogP contribution in [0.4, 0.5) is 5.69 Å². The lowest BCUT2D eigenvalue weighted by Crippen LogP contribution is -2.31. The molecule has 1 saturated carbocycles. The molecule has 0 radical (unpaired) electrons. The van der Waals surface area contributed by atoms with Crippen molar-refractivity contribution in [3.63, 3.8) is 0 Å².